The van der Waals surface area contributed by atoms with Gasteiger partial charge < -0.3 is 20.5 Å². The normalized spacial score (nSPS) is 14.9. The van der Waals surface area contributed by atoms with E-state index in [0.717, 1.165) is 44.5 Å². The van der Waals surface area contributed by atoms with Crippen molar-refractivity contribution >= 4 is 24.1 Å². The van der Waals surface area contributed by atoms with Crippen LogP contribution in [0, 0.1) is 5.92 Å². The summed E-state index contributed by atoms with van der Waals surface area (Å²) in [4.78, 5) is 14.1. The molecule has 3 heterocycles. The van der Waals surface area contributed by atoms with Crippen LogP contribution < -0.4 is 5.73 Å². The zero-order valence-electron chi connectivity index (χ0n) is 21.1. The fourth-order valence-electron chi connectivity index (χ4n) is 4.19. The van der Waals surface area contributed by atoms with Gasteiger partial charge in [0.2, 0.25) is 0 Å². The van der Waals surface area contributed by atoms with Gasteiger partial charge in [-0.3, -0.25) is 4.68 Å². The average molecular weight is 491 g/mol. The number of aromatic hydroxyl groups is 1. The maximum atomic E-state index is 12.3. The van der Waals surface area contributed by atoms with Crippen molar-refractivity contribution in [2.45, 2.75) is 52.2 Å². The van der Waals surface area contributed by atoms with Crippen LogP contribution in [0.2, 0.25) is 0 Å². The van der Waals surface area contributed by atoms with Crippen molar-refractivity contribution in [2.24, 2.45) is 5.92 Å². The van der Waals surface area contributed by atoms with Crippen molar-refractivity contribution in [1.82, 2.24) is 24.9 Å². The third-order valence-electron chi connectivity index (χ3n) is 6.17. The van der Waals surface area contributed by atoms with Gasteiger partial charge in [-0.2, -0.15) is 5.10 Å². The molecule has 9 nitrogen and oxygen atoms in total. The number of nitrogen functional groups attached to an aromatic ring is 1. The van der Waals surface area contributed by atoms with Gasteiger partial charge in [-0.25, -0.2) is 4.79 Å². The van der Waals surface area contributed by atoms with E-state index in [2.05, 4.69) is 15.3 Å². The van der Waals surface area contributed by atoms with Crippen LogP contribution in [0.1, 0.15) is 51.2 Å². The van der Waals surface area contributed by atoms with E-state index in [0.29, 0.717) is 28.6 Å². The first-order valence-corrected chi connectivity index (χ1v) is 12.3. The number of para-hydroxylation sites is 1. The number of hydrogen-bond acceptors (Lipinski definition) is 7. The number of aromatic nitrogens is 4. The Balaban J connectivity index is 1.30. The summed E-state index contributed by atoms with van der Waals surface area (Å²) in [5, 5.41) is 22.7. The van der Waals surface area contributed by atoms with Crippen LogP contribution in [0.3, 0.4) is 0 Å². The number of piperidine rings is 1. The molecule has 1 amide bonds. The molecular formula is C27H34N6O3. The number of ether oxygens (including phenoxy) is 1. The van der Waals surface area contributed by atoms with Crippen molar-refractivity contribution in [1.29, 1.82) is 0 Å². The number of anilines is 1. The number of nitrogens with two attached hydrogens (primary N) is 1. The number of phenolic OH excluding ortho intramolecular Hbond substituents is 1. The standard InChI is InChI=1S/C27H34N6O3/c1-27(2,3)36-26(35)32-13-10-19(11-14-32)12-15-33-18-20(17-29-33)8-9-21-16-23(30-31-25(21)28)22-6-4-5-7-24(22)34/h4-9,16-19,34H,10-15H2,1-3H3,(H2,28,31)/b9-8+. The zero-order valence-corrected chi connectivity index (χ0v) is 21.1. The van der Waals surface area contributed by atoms with Gasteiger partial charge in [-0.15, -0.1) is 10.2 Å². The van der Waals surface area contributed by atoms with Gasteiger partial charge in [-0.1, -0.05) is 24.3 Å². The number of carbonyl (C=O) groups excluding carboxylic acids is 1. The number of benzene rings is 1. The van der Waals surface area contributed by atoms with Crippen molar-refractivity contribution < 1.29 is 14.6 Å². The van der Waals surface area contributed by atoms with Gasteiger partial charge >= 0.3 is 6.09 Å². The fraction of sp³-hybridized carbons (Fsp3) is 0.407. The molecule has 0 bridgehead atoms. The van der Waals surface area contributed by atoms with E-state index in [4.69, 9.17) is 10.5 Å². The molecule has 0 aliphatic carbocycles. The molecule has 3 N–H and O–H groups in total. The highest BCUT2D eigenvalue weighted by Gasteiger charge is 2.26. The van der Waals surface area contributed by atoms with Crippen LogP contribution in [0.4, 0.5) is 10.6 Å². The number of likely N-dealkylation sites (tertiary alicyclic amines) is 1. The summed E-state index contributed by atoms with van der Waals surface area (Å²) in [6.07, 6.45) is 10.4. The second kappa shape index (κ2) is 10.8. The van der Waals surface area contributed by atoms with E-state index in [1.807, 2.05) is 67.0 Å². The lowest BCUT2D eigenvalue weighted by Gasteiger charge is -2.33. The van der Waals surface area contributed by atoms with E-state index in [1.54, 1.807) is 18.2 Å². The van der Waals surface area contributed by atoms with Gasteiger partial charge in [-0.05, 0) is 64.2 Å². The van der Waals surface area contributed by atoms with Crippen molar-refractivity contribution in [3.8, 4) is 17.0 Å². The lowest BCUT2D eigenvalue weighted by atomic mass is 9.94. The van der Waals surface area contributed by atoms with E-state index >= 15 is 0 Å². The third kappa shape index (κ3) is 6.62. The first kappa shape index (κ1) is 25.2. The third-order valence-corrected chi connectivity index (χ3v) is 6.17. The molecule has 0 unspecified atom stereocenters. The summed E-state index contributed by atoms with van der Waals surface area (Å²) >= 11 is 0. The van der Waals surface area contributed by atoms with Crippen molar-refractivity contribution in [3.05, 3.63) is 53.9 Å². The molecule has 1 aliphatic heterocycles. The number of rotatable bonds is 6. The summed E-state index contributed by atoms with van der Waals surface area (Å²) in [5.74, 6) is 1.02. The van der Waals surface area contributed by atoms with Crippen molar-refractivity contribution in [3.63, 3.8) is 0 Å². The van der Waals surface area contributed by atoms with Crippen LogP contribution in [-0.4, -0.2) is 54.8 Å². The Morgan fingerprint density at radius 2 is 1.94 bits per heavy atom. The molecule has 190 valence electrons. The predicted octanol–water partition coefficient (Wildman–Crippen LogP) is 4.84. The van der Waals surface area contributed by atoms with Gasteiger partial charge in [0.15, 0.2) is 5.82 Å². The minimum atomic E-state index is -0.465. The molecule has 0 atom stereocenters. The molecule has 4 rings (SSSR count). The predicted molar refractivity (Wildman–Crippen MR) is 140 cm³/mol. The molecule has 0 spiro atoms. The summed E-state index contributed by atoms with van der Waals surface area (Å²) in [5.41, 5.74) is 8.38. The number of carbonyl (C=O) groups is 1. The second-order valence-corrected chi connectivity index (χ2v) is 10.2. The number of hydrogen-bond donors (Lipinski definition) is 2. The SMILES string of the molecule is CC(C)(C)OC(=O)N1CCC(CCn2cc(/C=C/c3cc(-c4ccccc4O)nnc3N)cn2)CC1. The maximum absolute atomic E-state index is 12.3. The highest BCUT2D eigenvalue weighted by Crippen LogP contribution is 2.28. The molecular weight excluding hydrogens is 456 g/mol. The van der Waals surface area contributed by atoms with Gasteiger partial charge in [0.25, 0.3) is 0 Å². The Labute approximate surface area is 211 Å². The lowest BCUT2D eigenvalue weighted by molar-refractivity contribution is 0.0179. The largest absolute Gasteiger partial charge is 0.507 e. The van der Waals surface area contributed by atoms with Crippen LogP contribution >= 0.6 is 0 Å². The Hall–Kier alpha value is -3.88. The minimum absolute atomic E-state index is 0.142. The fourth-order valence-corrected chi connectivity index (χ4v) is 4.19. The molecule has 36 heavy (non-hydrogen) atoms. The first-order chi connectivity index (χ1) is 17.2. The molecule has 2 aromatic heterocycles. The Bertz CT molecular complexity index is 1220. The topological polar surface area (TPSA) is 119 Å². The Morgan fingerprint density at radius 3 is 2.67 bits per heavy atom. The molecule has 1 aliphatic rings. The smallest absolute Gasteiger partial charge is 0.410 e. The van der Waals surface area contributed by atoms with Crippen LogP contribution in [0.5, 0.6) is 5.75 Å². The van der Waals surface area contributed by atoms with Gasteiger partial charge in [0, 0.05) is 42.5 Å². The van der Waals surface area contributed by atoms with E-state index < -0.39 is 5.60 Å². The summed E-state index contributed by atoms with van der Waals surface area (Å²) < 4.78 is 7.43. The summed E-state index contributed by atoms with van der Waals surface area (Å²) in [6, 6.07) is 8.80. The highest BCUT2D eigenvalue weighted by atomic mass is 16.6. The van der Waals surface area contributed by atoms with Gasteiger partial charge in [0.05, 0.1) is 11.9 Å². The average Bonchev–Trinajstić information content (AvgIpc) is 3.30. The summed E-state index contributed by atoms with van der Waals surface area (Å²) in [6.45, 7) is 7.96. The molecule has 1 saturated heterocycles. The quantitative estimate of drug-likeness (QED) is 0.507. The van der Waals surface area contributed by atoms with Gasteiger partial charge in [0.1, 0.15) is 11.4 Å². The van der Waals surface area contributed by atoms with E-state index in [9.17, 15) is 9.90 Å². The number of phenols is 1. The molecule has 3 aromatic rings. The maximum Gasteiger partial charge on any atom is 0.410 e. The Morgan fingerprint density at radius 1 is 1.19 bits per heavy atom. The van der Waals surface area contributed by atoms with E-state index in [1.165, 1.54) is 0 Å². The number of aryl methyl sites for hydroxylation is 1. The first-order valence-electron chi connectivity index (χ1n) is 12.3. The monoisotopic (exact) mass is 490 g/mol. The highest BCUT2D eigenvalue weighted by molar-refractivity contribution is 5.77. The second-order valence-electron chi connectivity index (χ2n) is 10.2. The van der Waals surface area contributed by atoms with Crippen LogP contribution in [0.15, 0.2) is 42.7 Å². The summed E-state index contributed by atoms with van der Waals surface area (Å²) in [7, 11) is 0. The molecule has 9 heteroatoms. The molecule has 0 saturated carbocycles. The molecule has 1 aromatic carbocycles. The minimum Gasteiger partial charge on any atom is -0.507 e. The van der Waals surface area contributed by atoms with Crippen LogP contribution in [-0.2, 0) is 11.3 Å². The van der Waals surface area contributed by atoms with Crippen molar-refractivity contribution in [2.75, 3.05) is 18.8 Å². The molecule has 0 radical (unpaired) electrons. The number of nitrogens with zero attached hydrogens (tertiary/aromatic N) is 5. The zero-order chi connectivity index (χ0) is 25.7. The number of amides is 1. The van der Waals surface area contributed by atoms with E-state index in [-0.39, 0.29) is 11.8 Å². The lowest BCUT2D eigenvalue weighted by Crippen LogP contribution is -2.41. The Kier molecular flexibility index (Phi) is 7.57. The molecule has 1 fully saturated rings. The van der Waals surface area contributed by atoms with Crippen LogP contribution in [0.25, 0.3) is 23.4 Å².